The molecule has 0 aliphatic carbocycles. The number of hydrogen-bond acceptors (Lipinski definition) is 32. The molecule has 0 saturated carbocycles. The fourth-order valence-electron chi connectivity index (χ4n) is 12.3. The van der Waals surface area contributed by atoms with Gasteiger partial charge in [-0.3, -0.25) is 33.6 Å². The van der Waals surface area contributed by atoms with E-state index in [1.165, 1.54) is 259 Å². The summed E-state index contributed by atoms with van der Waals surface area (Å²) in [4.78, 5) is 162. The predicted molar refractivity (Wildman–Crippen MR) is 524 cm³/mol. The summed E-state index contributed by atoms with van der Waals surface area (Å²) >= 11 is 0. The summed E-state index contributed by atoms with van der Waals surface area (Å²) in [5.74, 6) is -14.3. The molecule has 0 spiro atoms. The number of nitrogens with one attached hydrogen (secondary N) is 7. The maximum Gasteiger partial charge on any atom is 0.337 e. The molecule has 14 rings (SSSR count). The second-order valence-corrected chi connectivity index (χ2v) is 29.6. The van der Waals surface area contributed by atoms with Crippen molar-refractivity contribution in [2.24, 2.45) is 0 Å². The molecule has 762 valence electrons. The van der Waals surface area contributed by atoms with E-state index in [1.54, 1.807) is 0 Å². The molecule has 46 heteroatoms. The summed E-state index contributed by atoms with van der Waals surface area (Å²) in [6.45, 7) is 0. The van der Waals surface area contributed by atoms with Gasteiger partial charge in [-0.05, 0) is 237 Å². The average molecular weight is 2030 g/mol. The minimum atomic E-state index is -1.29. The van der Waals surface area contributed by atoms with Crippen molar-refractivity contribution in [1.82, 2.24) is 0 Å². The van der Waals surface area contributed by atoms with Crippen molar-refractivity contribution < 1.29 is 193 Å². The lowest BCUT2D eigenvalue weighted by Crippen LogP contribution is -2.14. The van der Waals surface area contributed by atoms with Gasteiger partial charge in [-0.1, -0.05) is 12.1 Å². The van der Waals surface area contributed by atoms with E-state index in [2.05, 4.69) is 37.2 Å². The van der Waals surface area contributed by atoms with Crippen LogP contribution in [-0.2, 0) is 0 Å². The van der Waals surface area contributed by atoms with Crippen LogP contribution >= 0.6 is 0 Å². The van der Waals surface area contributed by atoms with Crippen LogP contribution in [-0.4, -0.2) is 219 Å². The summed E-state index contributed by atoms with van der Waals surface area (Å²) < 4.78 is 19.6. The fraction of sp³-hybridized carbons (Fsp3) is 0.0392. The van der Waals surface area contributed by atoms with E-state index in [-0.39, 0.29) is 221 Å². The zero-order chi connectivity index (χ0) is 109. The number of benzene rings is 14. The maximum atomic E-state index is 12.2. The van der Waals surface area contributed by atoms with Crippen molar-refractivity contribution in [3.8, 4) is 103 Å². The second-order valence-electron chi connectivity index (χ2n) is 29.6. The van der Waals surface area contributed by atoms with Crippen LogP contribution in [0.3, 0.4) is 0 Å². The number of methoxy groups -OCH3 is 4. The van der Waals surface area contributed by atoms with Crippen LogP contribution in [0, 0.1) is 0 Å². The number of amides is 7. The molecule has 0 aliphatic heterocycles. The first kappa shape index (κ1) is 111. The zero-order valence-corrected chi connectivity index (χ0v) is 76.7. The van der Waals surface area contributed by atoms with Gasteiger partial charge >= 0.3 is 41.8 Å². The van der Waals surface area contributed by atoms with Gasteiger partial charge in [0.25, 0.3) is 41.4 Å². The van der Waals surface area contributed by atoms with Gasteiger partial charge in [-0.25, -0.2) is 33.6 Å². The number of rotatable bonds is 25. The van der Waals surface area contributed by atoms with E-state index >= 15 is 0 Å². The summed E-state index contributed by atoms with van der Waals surface area (Å²) in [5.41, 5.74) is -0.0817. The minimum absolute atomic E-state index is 0.00410. The molecular weight excluding hydrogens is 1950 g/mol. The summed E-state index contributed by atoms with van der Waals surface area (Å²) in [6, 6.07) is 57.7. The molecule has 0 heterocycles. The van der Waals surface area contributed by atoms with Crippen LogP contribution in [0.2, 0.25) is 0 Å². The van der Waals surface area contributed by atoms with Gasteiger partial charge in [-0.15, -0.1) is 0 Å². The summed E-state index contributed by atoms with van der Waals surface area (Å²) in [7, 11) is 5.44. The van der Waals surface area contributed by atoms with Gasteiger partial charge < -0.3 is 163 Å². The van der Waals surface area contributed by atoms with Crippen LogP contribution in [0.25, 0.3) is 0 Å². The number of aromatic hydroxyl groups is 14. The molecule has 0 saturated heterocycles. The number of carbonyl (C=O) groups is 14. The van der Waals surface area contributed by atoms with Crippen LogP contribution in [0.15, 0.2) is 273 Å². The lowest BCUT2D eigenvalue weighted by molar-refractivity contribution is 0.0686. The van der Waals surface area contributed by atoms with Gasteiger partial charge in [0, 0.05) is 63.2 Å². The molecule has 28 N–H and O–H groups in total. The van der Waals surface area contributed by atoms with Crippen LogP contribution in [0.1, 0.15) is 145 Å². The number of phenols is 14. The van der Waals surface area contributed by atoms with E-state index in [0.717, 1.165) is 42.5 Å². The second kappa shape index (κ2) is 51.6. The molecule has 14 aromatic rings. The molecule has 46 nitrogen and oxygen atoms in total. The third-order valence-corrected chi connectivity index (χ3v) is 19.5. The standard InChI is InChI=1S/4C15H13NO6.3C14H11NO5/c1-22-13-5-2-8(6-12(13)18)14(19)16-11-4-3-9(17)7-10(11)15(20)21;1-22-13-6-8(2-5-12(13)18)14(19)16-11-4-3-9(17)7-10(11)15(20)21;1-22-13-5-2-8(6-12(13)18)14(19)16-11-7-9(17)3-4-10(11)15(20)21;1-22-13-6-8(2-5-12(13)18)14(19)16-11-7-9(17)3-4-10(11)15(20)21;16-9-3-1-8(2-4-9)13(18)15-12-7-10(17)5-6-11(12)14(19)20;16-9-3-1-2-8(6-9)13(18)15-12-5-4-10(17)7-11(12)14(19)20;16-9-3-1-2-8(6-9)13(18)15-12-7-10(17)4-5-11(12)14(19)20/h4*2-7,17-18H,1H3,(H,16,19)(H,20,21);3*1-7,16-17H,(H,15,18)(H,19,20). The first-order chi connectivity index (χ1) is 70.1. The van der Waals surface area contributed by atoms with Crippen molar-refractivity contribution in [1.29, 1.82) is 0 Å². The minimum Gasteiger partial charge on any atom is -0.508 e. The molecule has 0 atom stereocenters. The Morgan fingerprint density at radius 2 is 0.372 bits per heavy atom. The van der Waals surface area contributed by atoms with E-state index in [9.17, 15) is 134 Å². The number of ether oxygens (including phenoxy) is 4. The topological polar surface area (TPSA) is 785 Å². The van der Waals surface area contributed by atoms with Gasteiger partial charge in [0.2, 0.25) is 0 Å². The highest BCUT2D eigenvalue weighted by atomic mass is 16.5. The first-order valence-corrected chi connectivity index (χ1v) is 41.6. The molecule has 0 aromatic heterocycles. The first-order valence-electron chi connectivity index (χ1n) is 41.6. The Hall–Kier alpha value is -21.9. The van der Waals surface area contributed by atoms with E-state index in [0.29, 0.717) is 0 Å². The number of aromatic carboxylic acids is 7. The van der Waals surface area contributed by atoms with Crippen molar-refractivity contribution in [2.45, 2.75) is 0 Å². The molecule has 148 heavy (non-hydrogen) atoms. The predicted octanol–water partition coefficient (Wildman–Crippen LogP) is 14.4. The van der Waals surface area contributed by atoms with E-state index in [4.69, 9.17) is 59.8 Å². The SMILES string of the molecule is COc1cc(C(=O)Nc2cc(O)ccc2C(=O)O)ccc1O.COc1cc(C(=O)Nc2ccc(O)cc2C(=O)O)ccc1O.COc1ccc(C(=O)Nc2cc(O)ccc2C(=O)O)cc1O.COc1ccc(C(=O)Nc2ccc(O)cc2C(=O)O)cc1O.O=C(Nc1cc(O)ccc1C(=O)O)c1ccc(O)cc1.O=C(Nc1cc(O)ccc1C(=O)O)c1cccc(O)c1.O=C(Nc1ccc(O)cc1C(=O)O)c1cccc(O)c1. The summed E-state index contributed by atoms with van der Waals surface area (Å²) in [5, 5.41) is 212. The number of carbonyl (C=O) groups excluding carboxylic acids is 7. The molecule has 0 radical (unpaired) electrons. The van der Waals surface area contributed by atoms with Crippen molar-refractivity contribution in [3.05, 3.63) is 351 Å². The molecule has 0 bridgehead atoms. The lowest BCUT2D eigenvalue weighted by Gasteiger charge is -2.10. The number of hydrogen-bond donors (Lipinski definition) is 28. The molecule has 7 amide bonds. The molecule has 14 aromatic carbocycles. The fourth-order valence-corrected chi connectivity index (χ4v) is 12.3. The van der Waals surface area contributed by atoms with Gasteiger partial charge in [0.1, 0.15) is 57.5 Å². The third kappa shape index (κ3) is 31.8. The van der Waals surface area contributed by atoms with Gasteiger partial charge in [0.15, 0.2) is 46.0 Å². The van der Waals surface area contributed by atoms with Gasteiger partial charge in [0.05, 0.1) is 107 Å². The molecule has 0 aliphatic rings. The number of carboxylic acids is 7. The molecule has 0 fully saturated rings. The van der Waals surface area contributed by atoms with Crippen LogP contribution < -0.4 is 56.2 Å². The largest absolute Gasteiger partial charge is 0.508 e. The Morgan fingerprint density at radius 1 is 0.169 bits per heavy atom. The quantitative estimate of drug-likeness (QED) is 0.0236. The van der Waals surface area contributed by atoms with Crippen LogP contribution in [0.5, 0.6) is 103 Å². The van der Waals surface area contributed by atoms with E-state index in [1.807, 2.05) is 0 Å². The highest BCUT2D eigenvalue weighted by Crippen LogP contribution is 2.36. The lowest BCUT2D eigenvalue weighted by atomic mass is 10.1. The highest BCUT2D eigenvalue weighted by molar-refractivity contribution is 6.14. The van der Waals surface area contributed by atoms with Crippen molar-refractivity contribution in [3.63, 3.8) is 0 Å². The Labute approximate surface area is 832 Å². The monoisotopic (exact) mass is 2030 g/mol. The normalized spacial score (nSPS) is 10.0. The molecular formula is C102H85N7O39. The Balaban J connectivity index is 0.000000211. The zero-order valence-electron chi connectivity index (χ0n) is 76.7. The van der Waals surface area contributed by atoms with Crippen molar-refractivity contribution in [2.75, 3.05) is 65.7 Å². The number of phenolic OH excluding ortho intramolecular Hbond substituents is 14. The number of carboxylic acid groups (broad SMARTS) is 7. The van der Waals surface area contributed by atoms with Crippen molar-refractivity contribution >= 4 is 123 Å². The van der Waals surface area contributed by atoms with E-state index < -0.39 is 83.1 Å². The van der Waals surface area contributed by atoms with Gasteiger partial charge in [-0.2, -0.15) is 0 Å². The average Bonchev–Trinajstić information content (AvgIpc) is 0.825. The molecule has 0 unspecified atom stereocenters. The Morgan fingerprint density at radius 3 is 0.615 bits per heavy atom. The maximum absolute atomic E-state index is 12.2. The highest BCUT2D eigenvalue weighted by Gasteiger charge is 2.25. The smallest absolute Gasteiger partial charge is 0.337 e. The summed E-state index contributed by atoms with van der Waals surface area (Å²) in [6.07, 6.45) is 0. The number of anilines is 7. The van der Waals surface area contributed by atoms with Crippen LogP contribution in [0.4, 0.5) is 39.8 Å². The Kier molecular flexibility index (Phi) is 38.9. The Bertz CT molecular complexity index is 7410. The third-order valence-electron chi connectivity index (χ3n) is 19.5.